The van der Waals surface area contributed by atoms with Crippen LogP contribution in [0, 0.1) is 0 Å². The van der Waals surface area contributed by atoms with Crippen LogP contribution in [-0.4, -0.2) is 50.0 Å². The third-order valence-corrected chi connectivity index (χ3v) is 3.41. The van der Waals surface area contributed by atoms with E-state index in [1.807, 2.05) is 35.2 Å². The molecule has 8 nitrogen and oxygen atoms in total. The topological polar surface area (TPSA) is 92.0 Å². The zero-order valence-electron chi connectivity index (χ0n) is 13.4. The van der Waals surface area contributed by atoms with E-state index < -0.39 is 0 Å². The minimum absolute atomic E-state index is 0.00447. The van der Waals surface area contributed by atoms with E-state index >= 15 is 0 Å². The molecule has 124 valence electrons. The van der Waals surface area contributed by atoms with Crippen LogP contribution in [0.3, 0.4) is 0 Å². The van der Waals surface area contributed by atoms with Crippen LogP contribution in [0.5, 0.6) is 0 Å². The van der Waals surface area contributed by atoms with Gasteiger partial charge in [0.1, 0.15) is 0 Å². The van der Waals surface area contributed by atoms with Crippen LogP contribution in [0.25, 0.3) is 5.95 Å². The van der Waals surface area contributed by atoms with Gasteiger partial charge in [-0.05, 0) is 11.6 Å². The summed E-state index contributed by atoms with van der Waals surface area (Å²) in [4.78, 5) is 15.1. The lowest BCUT2D eigenvalue weighted by molar-refractivity contribution is 0.300. The van der Waals surface area contributed by atoms with Gasteiger partial charge in [0.2, 0.25) is 11.9 Å². The molecule has 8 heteroatoms. The van der Waals surface area contributed by atoms with Crippen molar-refractivity contribution in [1.29, 1.82) is 0 Å². The van der Waals surface area contributed by atoms with E-state index in [4.69, 9.17) is 0 Å². The van der Waals surface area contributed by atoms with E-state index in [9.17, 15) is 5.11 Å². The average Bonchev–Trinajstić information content (AvgIpc) is 3.16. The predicted molar refractivity (Wildman–Crippen MR) is 91.1 cm³/mol. The van der Waals surface area contributed by atoms with E-state index in [1.54, 1.807) is 30.2 Å². The van der Waals surface area contributed by atoms with E-state index in [0.717, 1.165) is 5.56 Å². The summed E-state index contributed by atoms with van der Waals surface area (Å²) in [5.41, 5.74) is 1.11. The predicted octanol–water partition coefficient (Wildman–Crippen LogP) is 1.10. The van der Waals surface area contributed by atoms with Crippen molar-refractivity contribution in [3.8, 4) is 5.95 Å². The summed E-state index contributed by atoms with van der Waals surface area (Å²) >= 11 is 0. The summed E-state index contributed by atoms with van der Waals surface area (Å²) in [6.07, 6.45) is 3.43. The second-order valence-electron chi connectivity index (χ2n) is 5.09. The summed E-state index contributed by atoms with van der Waals surface area (Å²) in [6, 6.07) is 11.8. The van der Waals surface area contributed by atoms with Gasteiger partial charge < -0.3 is 15.3 Å². The maximum Gasteiger partial charge on any atom is 0.257 e. The molecule has 0 amide bonds. The number of hydrogen-bond acceptors (Lipinski definition) is 7. The molecule has 2 heterocycles. The minimum atomic E-state index is 0.00447. The van der Waals surface area contributed by atoms with Crippen LogP contribution in [0.4, 0.5) is 11.9 Å². The third-order valence-electron chi connectivity index (χ3n) is 3.41. The number of aromatic nitrogens is 5. The number of aliphatic hydroxyl groups is 1. The number of nitrogens with one attached hydrogen (secondary N) is 1. The molecule has 3 rings (SSSR count). The van der Waals surface area contributed by atoms with Crippen LogP contribution in [0.2, 0.25) is 0 Å². The van der Waals surface area contributed by atoms with Gasteiger partial charge >= 0.3 is 0 Å². The van der Waals surface area contributed by atoms with Crippen molar-refractivity contribution in [2.24, 2.45) is 0 Å². The Bertz CT molecular complexity index is 761. The summed E-state index contributed by atoms with van der Waals surface area (Å²) in [6.45, 7) is 1.01. The smallest absolute Gasteiger partial charge is 0.257 e. The summed E-state index contributed by atoms with van der Waals surface area (Å²) in [5.74, 6) is 1.35. The highest BCUT2D eigenvalue weighted by atomic mass is 16.3. The molecule has 0 aliphatic heterocycles. The molecule has 0 aliphatic carbocycles. The van der Waals surface area contributed by atoms with Gasteiger partial charge in [-0.2, -0.15) is 20.1 Å². The third kappa shape index (κ3) is 3.66. The monoisotopic (exact) mass is 325 g/mol. The molecule has 0 fully saturated rings. The zero-order valence-corrected chi connectivity index (χ0v) is 13.4. The summed E-state index contributed by atoms with van der Waals surface area (Å²) < 4.78 is 1.58. The lowest BCUT2D eigenvalue weighted by Crippen LogP contribution is -2.29. The van der Waals surface area contributed by atoms with Crippen molar-refractivity contribution in [2.45, 2.75) is 6.54 Å². The maximum absolute atomic E-state index is 9.41. The number of nitrogens with zero attached hydrogens (tertiary/aromatic N) is 6. The van der Waals surface area contributed by atoms with Gasteiger partial charge in [-0.25, -0.2) is 4.68 Å². The molecule has 0 spiro atoms. The average molecular weight is 325 g/mol. The van der Waals surface area contributed by atoms with Crippen LogP contribution >= 0.6 is 0 Å². The molecule has 24 heavy (non-hydrogen) atoms. The van der Waals surface area contributed by atoms with Crippen molar-refractivity contribution in [1.82, 2.24) is 24.7 Å². The Labute approximate surface area is 139 Å². The Morgan fingerprint density at radius 3 is 2.62 bits per heavy atom. The molecule has 2 N–H and O–H groups in total. The first-order chi connectivity index (χ1) is 11.8. The van der Waals surface area contributed by atoms with Crippen molar-refractivity contribution >= 4 is 11.9 Å². The molecule has 1 aromatic carbocycles. The lowest BCUT2D eigenvalue weighted by atomic mass is 10.2. The fraction of sp³-hybridized carbons (Fsp3) is 0.250. The first kappa shape index (κ1) is 15.9. The van der Waals surface area contributed by atoms with Crippen LogP contribution in [0.15, 0.2) is 48.8 Å². The van der Waals surface area contributed by atoms with Gasteiger partial charge in [-0.15, -0.1) is 0 Å². The molecule has 0 radical (unpaired) electrons. The van der Waals surface area contributed by atoms with Gasteiger partial charge in [0.15, 0.2) is 0 Å². The Morgan fingerprint density at radius 1 is 1.12 bits per heavy atom. The number of aliphatic hydroxyl groups excluding tert-OH is 1. The van der Waals surface area contributed by atoms with Gasteiger partial charge in [-0.3, -0.25) is 0 Å². The molecule has 0 bridgehead atoms. The van der Waals surface area contributed by atoms with Crippen LogP contribution in [0.1, 0.15) is 5.56 Å². The van der Waals surface area contributed by atoms with Crippen LogP contribution in [-0.2, 0) is 6.54 Å². The van der Waals surface area contributed by atoms with E-state index in [2.05, 4.69) is 25.4 Å². The fourth-order valence-corrected chi connectivity index (χ4v) is 2.27. The first-order valence-electron chi connectivity index (χ1n) is 7.63. The van der Waals surface area contributed by atoms with Gasteiger partial charge in [0, 0.05) is 32.5 Å². The molecule has 0 saturated heterocycles. The number of anilines is 2. The van der Waals surface area contributed by atoms with Crippen LogP contribution < -0.4 is 10.2 Å². The molecule has 2 aromatic heterocycles. The van der Waals surface area contributed by atoms with E-state index in [0.29, 0.717) is 30.9 Å². The molecule has 0 aliphatic rings. The Balaban J connectivity index is 1.95. The highest BCUT2D eigenvalue weighted by Crippen LogP contribution is 2.15. The second-order valence-corrected chi connectivity index (χ2v) is 5.09. The highest BCUT2D eigenvalue weighted by molar-refractivity contribution is 5.40. The number of hydrogen-bond donors (Lipinski definition) is 2. The molecule has 0 saturated carbocycles. The summed E-state index contributed by atoms with van der Waals surface area (Å²) in [5, 5.41) is 16.5. The second kappa shape index (κ2) is 7.51. The minimum Gasteiger partial charge on any atom is -0.395 e. The molecule has 3 aromatic rings. The number of rotatable bonds is 7. The van der Waals surface area contributed by atoms with Gasteiger partial charge in [0.05, 0.1) is 6.61 Å². The SMILES string of the molecule is CNc1nc(N(CCO)Cc2ccccc2)nc(-n2cccn2)n1. The van der Waals surface area contributed by atoms with Crippen molar-refractivity contribution < 1.29 is 5.11 Å². The molecule has 0 unspecified atom stereocenters. The van der Waals surface area contributed by atoms with Crippen molar-refractivity contribution in [3.05, 3.63) is 54.4 Å². The molecule has 0 atom stereocenters. The van der Waals surface area contributed by atoms with E-state index in [1.165, 1.54) is 0 Å². The Hall–Kier alpha value is -3.00. The van der Waals surface area contributed by atoms with Crippen molar-refractivity contribution in [3.63, 3.8) is 0 Å². The standard InChI is InChI=1S/C16H19N7O/c1-17-14-19-15(21-16(20-14)23-9-5-8-18-23)22(10-11-24)12-13-6-3-2-4-7-13/h2-9,24H,10-12H2,1H3,(H,17,19,20,21). The fourth-order valence-electron chi connectivity index (χ4n) is 2.27. The Morgan fingerprint density at radius 2 is 1.96 bits per heavy atom. The zero-order chi connectivity index (χ0) is 16.8. The van der Waals surface area contributed by atoms with E-state index in [-0.39, 0.29) is 6.61 Å². The van der Waals surface area contributed by atoms with Gasteiger partial charge in [-0.1, -0.05) is 30.3 Å². The number of benzene rings is 1. The van der Waals surface area contributed by atoms with Gasteiger partial charge in [0.25, 0.3) is 5.95 Å². The quantitative estimate of drug-likeness (QED) is 0.672. The molecular formula is C16H19N7O. The normalized spacial score (nSPS) is 10.6. The maximum atomic E-state index is 9.41. The van der Waals surface area contributed by atoms with Crippen molar-refractivity contribution in [2.75, 3.05) is 30.4 Å². The first-order valence-corrected chi connectivity index (χ1v) is 7.63. The summed E-state index contributed by atoms with van der Waals surface area (Å²) in [7, 11) is 1.75. The lowest BCUT2D eigenvalue weighted by Gasteiger charge is -2.22. The highest BCUT2D eigenvalue weighted by Gasteiger charge is 2.14. The molecular weight excluding hydrogens is 306 g/mol. The Kier molecular flexibility index (Phi) is 4.97. The largest absolute Gasteiger partial charge is 0.395 e.